The highest BCUT2D eigenvalue weighted by Gasteiger charge is 2.33. The van der Waals surface area contributed by atoms with Gasteiger partial charge in [-0.05, 0) is 25.1 Å². The molecular weight excluding hydrogens is 481 g/mol. The first kappa shape index (κ1) is 25.6. The summed E-state index contributed by atoms with van der Waals surface area (Å²) in [7, 11) is 0. The number of pyridine rings is 1. The van der Waals surface area contributed by atoms with Gasteiger partial charge in [-0.1, -0.05) is 6.07 Å². The molecule has 0 saturated carbocycles. The number of Topliss-reactive ketones (excluding diaryl/α,β-unsaturated/α-hetero) is 1. The molecule has 1 atom stereocenters. The third kappa shape index (κ3) is 6.18. The summed E-state index contributed by atoms with van der Waals surface area (Å²) in [5, 5.41) is 14.7. The molecule has 0 aliphatic carbocycles. The van der Waals surface area contributed by atoms with Crippen LogP contribution in [0.4, 0.5) is 13.2 Å². The van der Waals surface area contributed by atoms with Crippen LogP contribution in [0, 0.1) is 0 Å². The highest BCUT2D eigenvalue weighted by Crippen LogP contribution is 2.29. The minimum atomic E-state index is -4.67. The number of alkyl halides is 3. The molecule has 1 amide bonds. The van der Waals surface area contributed by atoms with E-state index in [9.17, 15) is 27.9 Å². The topological polar surface area (TPSA) is 107 Å². The van der Waals surface area contributed by atoms with Gasteiger partial charge in [0.25, 0.3) is 0 Å². The molecule has 36 heavy (non-hydrogen) atoms. The van der Waals surface area contributed by atoms with Crippen LogP contribution < -0.4 is 4.74 Å². The number of morpholine rings is 1. The van der Waals surface area contributed by atoms with Crippen molar-refractivity contribution in [1.82, 2.24) is 19.7 Å². The number of fused-ring (bicyclic) bond motifs is 1. The molecule has 3 aromatic rings. The fraction of sp³-hybridized carbons (Fsp3) is 0.417. The third-order valence-electron chi connectivity index (χ3n) is 5.55. The van der Waals surface area contributed by atoms with Crippen molar-refractivity contribution in [3.8, 4) is 5.75 Å². The number of carbonyl (C=O) groups is 2. The summed E-state index contributed by atoms with van der Waals surface area (Å²) >= 11 is 0. The van der Waals surface area contributed by atoms with E-state index in [4.69, 9.17) is 9.47 Å². The van der Waals surface area contributed by atoms with Gasteiger partial charge in [0.15, 0.2) is 5.78 Å². The van der Waals surface area contributed by atoms with Crippen molar-refractivity contribution in [1.29, 1.82) is 0 Å². The number of benzene rings is 1. The monoisotopic (exact) mass is 506 g/mol. The van der Waals surface area contributed by atoms with Crippen LogP contribution in [0.25, 0.3) is 10.9 Å². The maximum absolute atomic E-state index is 13.0. The Balaban J connectivity index is 1.60. The van der Waals surface area contributed by atoms with E-state index in [1.54, 1.807) is 23.2 Å². The lowest BCUT2D eigenvalue weighted by Crippen LogP contribution is -2.42. The van der Waals surface area contributed by atoms with E-state index >= 15 is 0 Å². The maximum Gasteiger partial charge on any atom is 0.433 e. The lowest BCUT2D eigenvalue weighted by molar-refractivity contribution is -0.141. The highest BCUT2D eigenvalue weighted by atomic mass is 19.4. The lowest BCUT2D eigenvalue weighted by Gasteiger charge is -2.26. The quantitative estimate of drug-likeness (QED) is 0.468. The second kappa shape index (κ2) is 10.6. The van der Waals surface area contributed by atoms with Crippen molar-refractivity contribution in [2.45, 2.75) is 32.2 Å². The minimum absolute atomic E-state index is 0.0148. The van der Waals surface area contributed by atoms with Crippen LogP contribution in [0.15, 0.2) is 36.5 Å². The number of aliphatic hydroxyl groups excluding tert-OH is 1. The molecule has 1 aliphatic heterocycles. The van der Waals surface area contributed by atoms with Gasteiger partial charge in [0.1, 0.15) is 30.3 Å². The maximum atomic E-state index is 13.0. The smallest absolute Gasteiger partial charge is 0.433 e. The van der Waals surface area contributed by atoms with E-state index in [2.05, 4.69) is 10.1 Å². The van der Waals surface area contributed by atoms with Gasteiger partial charge in [-0.15, -0.1) is 0 Å². The van der Waals surface area contributed by atoms with Crippen molar-refractivity contribution >= 4 is 22.6 Å². The number of ether oxygens (including phenoxy) is 2. The van der Waals surface area contributed by atoms with E-state index in [-0.39, 0.29) is 36.9 Å². The molecule has 0 spiro atoms. The fourth-order valence-corrected chi connectivity index (χ4v) is 3.78. The molecule has 1 N–H and O–H groups in total. The number of nitrogens with zero attached hydrogens (tertiary/aromatic N) is 4. The standard InChI is InChI=1S/C24H25F3N4O5/c1-15(32)14-36-21-11-19-17(12-31(29-19)13-23(34)30-5-7-35-8-6-30)9-16(21)10-20(33)18-3-2-4-22(28-18)24(25,26)27/h2-4,9,11-12,15,32H,5-8,10,13-14H2,1H3. The van der Waals surface area contributed by atoms with E-state index in [1.165, 1.54) is 17.7 Å². The van der Waals surface area contributed by atoms with Crippen LogP contribution in [0.2, 0.25) is 0 Å². The lowest BCUT2D eigenvalue weighted by atomic mass is 10.0. The Kier molecular flexibility index (Phi) is 7.55. The number of hydrogen-bond acceptors (Lipinski definition) is 7. The van der Waals surface area contributed by atoms with Crippen LogP contribution in [-0.2, 0) is 28.7 Å². The van der Waals surface area contributed by atoms with Gasteiger partial charge < -0.3 is 19.5 Å². The SMILES string of the molecule is CC(O)COc1cc2nn(CC(=O)N3CCOCC3)cc2cc1CC(=O)c1cccc(C(F)(F)F)n1. The van der Waals surface area contributed by atoms with Gasteiger partial charge in [-0.3, -0.25) is 14.3 Å². The minimum Gasteiger partial charge on any atom is -0.491 e. The first-order valence-electron chi connectivity index (χ1n) is 11.3. The van der Waals surface area contributed by atoms with Crippen LogP contribution in [0.5, 0.6) is 5.75 Å². The summed E-state index contributed by atoms with van der Waals surface area (Å²) in [4.78, 5) is 30.6. The predicted molar refractivity (Wildman–Crippen MR) is 122 cm³/mol. The van der Waals surface area contributed by atoms with Gasteiger partial charge in [0.2, 0.25) is 5.91 Å². The molecular formula is C24H25F3N4O5. The molecule has 1 aliphatic rings. The molecule has 2 aromatic heterocycles. The second-order valence-corrected chi connectivity index (χ2v) is 8.50. The van der Waals surface area contributed by atoms with E-state index < -0.39 is 23.8 Å². The number of ketones is 1. The zero-order valence-electron chi connectivity index (χ0n) is 19.5. The number of hydrogen-bond donors (Lipinski definition) is 1. The van der Waals surface area contributed by atoms with Crippen molar-refractivity contribution in [3.63, 3.8) is 0 Å². The van der Waals surface area contributed by atoms with Crippen LogP contribution in [0.3, 0.4) is 0 Å². The van der Waals surface area contributed by atoms with E-state index in [0.717, 1.165) is 12.1 Å². The van der Waals surface area contributed by atoms with Crippen molar-refractivity contribution in [2.24, 2.45) is 0 Å². The molecule has 3 heterocycles. The largest absolute Gasteiger partial charge is 0.491 e. The Labute approximate surface area is 204 Å². The van der Waals surface area contributed by atoms with Crippen molar-refractivity contribution < 1.29 is 37.3 Å². The Morgan fingerprint density at radius 2 is 1.97 bits per heavy atom. The molecule has 0 bridgehead atoms. The number of amides is 1. The fourth-order valence-electron chi connectivity index (χ4n) is 3.78. The van der Waals surface area contributed by atoms with E-state index in [0.29, 0.717) is 42.8 Å². The average molecular weight is 506 g/mol. The number of rotatable bonds is 8. The van der Waals surface area contributed by atoms with Crippen LogP contribution >= 0.6 is 0 Å². The summed E-state index contributed by atoms with van der Waals surface area (Å²) in [5.74, 6) is -0.478. The third-order valence-corrected chi connectivity index (χ3v) is 5.55. The molecule has 4 rings (SSSR count). The second-order valence-electron chi connectivity index (χ2n) is 8.50. The Morgan fingerprint density at radius 3 is 2.67 bits per heavy atom. The van der Waals surface area contributed by atoms with E-state index in [1.807, 2.05) is 0 Å². The average Bonchev–Trinajstić information content (AvgIpc) is 3.23. The Morgan fingerprint density at radius 1 is 1.22 bits per heavy atom. The summed E-state index contributed by atoms with van der Waals surface area (Å²) in [6.07, 6.45) is -4.09. The molecule has 1 saturated heterocycles. The summed E-state index contributed by atoms with van der Waals surface area (Å²) in [6, 6.07) is 6.37. The Bertz CT molecular complexity index is 1250. The normalized spacial score (nSPS) is 15.2. The molecule has 1 unspecified atom stereocenters. The first-order chi connectivity index (χ1) is 17.1. The number of halogens is 3. The van der Waals surface area contributed by atoms with Gasteiger partial charge >= 0.3 is 6.18 Å². The number of carbonyl (C=O) groups excluding carboxylic acids is 2. The molecule has 12 heteroatoms. The summed E-state index contributed by atoms with van der Waals surface area (Å²) < 4.78 is 51.5. The van der Waals surface area contributed by atoms with Crippen LogP contribution in [-0.4, -0.2) is 75.5 Å². The molecule has 192 valence electrons. The summed E-state index contributed by atoms with van der Waals surface area (Å²) in [6.45, 7) is 3.46. The van der Waals surface area contributed by atoms with Crippen molar-refractivity contribution in [2.75, 3.05) is 32.9 Å². The van der Waals surface area contributed by atoms with Gasteiger partial charge in [-0.25, -0.2) is 4.98 Å². The Hall–Kier alpha value is -3.51. The first-order valence-corrected chi connectivity index (χ1v) is 11.3. The van der Waals surface area contributed by atoms with Gasteiger partial charge in [-0.2, -0.15) is 18.3 Å². The summed E-state index contributed by atoms with van der Waals surface area (Å²) in [5.41, 5.74) is -0.580. The molecule has 9 nitrogen and oxygen atoms in total. The van der Waals surface area contributed by atoms with Gasteiger partial charge in [0.05, 0.1) is 24.8 Å². The zero-order valence-corrected chi connectivity index (χ0v) is 19.5. The number of aromatic nitrogens is 3. The molecule has 0 radical (unpaired) electrons. The van der Waals surface area contributed by atoms with Crippen molar-refractivity contribution in [3.05, 3.63) is 53.5 Å². The molecule has 1 aromatic carbocycles. The zero-order chi connectivity index (χ0) is 25.9. The highest BCUT2D eigenvalue weighted by molar-refractivity contribution is 5.97. The molecule has 1 fully saturated rings. The predicted octanol–water partition coefficient (Wildman–Crippen LogP) is 2.49. The van der Waals surface area contributed by atoms with Crippen LogP contribution in [0.1, 0.15) is 28.7 Å². The number of aliphatic hydroxyl groups is 1. The van der Waals surface area contributed by atoms with Gasteiger partial charge in [0, 0.05) is 42.7 Å².